The van der Waals surface area contributed by atoms with Crippen LogP contribution in [0.1, 0.15) is 25.7 Å². The molecule has 4 bridgehead atoms. The van der Waals surface area contributed by atoms with Crippen molar-refractivity contribution in [1.29, 1.82) is 0 Å². The van der Waals surface area contributed by atoms with Crippen molar-refractivity contribution in [3.05, 3.63) is 0 Å². The van der Waals surface area contributed by atoms with Gasteiger partial charge in [-0.3, -0.25) is 9.59 Å². The molecule has 4 aliphatic carbocycles. The number of Topliss-reactive ketones (excluding diaryl/α,β-unsaturated/α-hetero) is 1. The van der Waals surface area contributed by atoms with Gasteiger partial charge in [-0.05, 0) is 37.0 Å². The highest BCUT2D eigenvalue weighted by molar-refractivity contribution is 5.89. The Morgan fingerprint density at radius 3 is 2.79 bits per heavy atom. The Morgan fingerprint density at radius 2 is 2.07 bits per heavy atom. The van der Waals surface area contributed by atoms with Gasteiger partial charge in [0, 0.05) is 12.3 Å². The van der Waals surface area contributed by atoms with Crippen LogP contribution in [-0.4, -0.2) is 16.9 Å². The van der Waals surface area contributed by atoms with Crippen LogP contribution in [0.25, 0.3) is 0 Å². The Labute approximate surface area is 82.5 Å². The Hall–Kier alpha value is -0.860. The normalized spacial score (nSPS) is 49.7. The predicted octanol–water partition coefficient (Wildman–Crippen LogP) is 1.32. The Kier molecular flexibility index (Phi) is 1.56. The summed E-state index contributed by atoms with van der Waals surface area (Å²) in [7, 11) is 0. The highest BCUT2D eigenvalue weighted by Gasteiger charge is 2.57. The van der Waals surface area contributed by atoms with E-state index in [-0.39, 0.29) is 17.6 Å². The van der Waals surface area contributed by atoms with Crippen molar-refractivity contribution < 1.29 is 14.7 Å². The lowest BCUT2D eigenvalue weighted by atomic mass is 9.58. The third-order valence-electron chi connectivity index (χ3n) is 4.61. The average Bonchev–Trinajstić information content (AvgIpc) is 2.45. The molecule has 0 amide bonds. The maximum atomic E-state index is 11.6. The van der Waals surface area contributed by atoms with E-state index in [0.717, 1.165) is 19.3 Å². The number of carbonyl (C=O) groups excluding carboxylic acids is 1. The van der Waals surface area contributed by atoms with Crippen molar-refractivity contribution in [2.24, 2.45) is 29.6 Å². The molecular formula is C11H14O3. The van der Waals surface area contributed by atoms with Crippen molar-refractivity contribution in [2.75, 3.05) is 0 Å². The number of carbonyl (C=O) groups is 2. The van der Waals surface area contributed by atoms with E-state index in [1.165, 1.54) is 0 Å². The van der Waals surface area contributed by atoms with Crippen LogP contribution in [0.2, 0.25) is 0 Å². The lowest BCUT2D eigenvalue weighted by Gasteiger charge is -2.44. The molecule has 0 aromatic rings. The monoisotopic (exact) mass is 194 g/mol. The second-order valence-electron chi connectivity index (χ2n) is 5.04. The second-order valence-corrected chi connectivity index (χ2v) is 5.04. The third kappa shape index (κ3) is 0.877. The summed E-state index contributed by atoms with van der Waals surface area (Å²) in [5, 5.41) is 9.15. The van der Waals surface area contributed by atoms with E-state index in [1.54, 1.807) is 0 Å². The SMILES string of the molecule is O=C(O)[C@H]1[C@@H]2CC[C@@H]3C[C@H]1C(=O)C[C@@H]32. The molecule has 4 aliphatic rings. The molecule has 0 saturated heterocycles. The van der Waals surface area contributed by atoms with E-state index in [4.69, 9.17) is 5.11 Å². The highest BCUT2D eigenvalue weighted by Crippen LogP contribution is 2.57. The van der Waals surface area contributed by atoms with Crippen LogP contribution in [0, 0.1) is 29.6 Å². The summed E-state index contributed by atoms with van der Waals surface area (Å²) in [4.78, 5) is 22.8. The maximum absolute atomic E-state index is 11.6. The average molecular weight is 194 g/mol. The summed E-state index contributed by atoms with van der Waals surface area (Å²) in [6.45, 7) is 0. The first kappa shape index (κ1) is 8.45. The van der Waals surface area contributed by atoms with Gasteiger partial charge in [-0.25, -0.2) is 0 Å². The van der Waals surface area contributed by atoms with Gasteiger partial charge in [-0.15, -0.1) is 0 Å². The van der Waals surface area contributed by atoms with E-state index in [2.05, 4.69) is 0 Å². The smallest absolute Gasteiger partial charge is 0.307 e. The molecule has 0 aliphatic heterocycles. The zero-order valence-electron chi connectivity index (χ0n) is 7.98. The van der Waals surface area contributed by atoms with E-state index in [9.17, 15) is 9.59 Å². The van der Waals surface area contributed by atoms with E-state index >= 15 is 0 Å². The fourth-order valence-electron chi connectivity index (χ4n) is 4.08. The summed E-state index contributed by atoms with van der Waals surface area (Å²) in [6, 6.07) is 0. The standard InChI is InChI=1S/C11H14O3/c12-9-4-7-5-1-2-6(7)10(11(13)14)8(9)3-5/h5-8,10H,1-4H2,(H,13,14)/t5-,6-,7+,8+,10+/m1/s1. The molecular weight excluding hydrogens is 180 g/mol. The van der Waals surface area contributed by atoms with Crippen LogP contribution in [0.5, 0.6) is 0 Å². The molecule has 14 heavy (non-hydrogen) atoms. The van der Waals surface area contributed by atoms with E-state index in [1.807, 2.05) is 0 Å². The number of ketones is 1. The number of aliphatic carboxylic acids is 1. The molecule has 0 radical (unpaired) electrons. The molecule has 0 aromatic heterocycles. The molecule has 0 aromatic carbocycles. The minimum Gasteiger partial charge on any atom is -0.481 e. The number of carboxylic acids is 1. The number of hydrogen-bond donors (Lipinski definition) is 1. The van der Waals surface area contributed by atoms with E-state index < -0.39 is 5.97 Å². The first-order chi connectivity index (χ1) is 6.68. The van der Waals surface area contributed by atoms with Gasteiger partial charge >= 0.3 is 5.97 Å². The van der Waals surface area contributed by atoms with Crippen LogP contribution < -0.4 is 0 Å². The highest BCUT2D eigenvalue weighted by atomic mass is 16.4. The Bertz CT molecular complexity index is 310. The fourth-order valence-corrected chi connectivity index (χ4v) is 4.08. The van der Waals surface area contributed by atoms with Crippen molar-refractivity contribution in [3.8, 4) is 0 Å². The van der Waals surface area contributed by atoms with Gasteiger partial charge in [-0.2, -0.15) is 0 Å². The van der Waals surface area contributed by atoms with Crippen LogP contribution in [0.4, 0.5) is 0 Å². The van der Waals surface area contributed by atoms with Gasteiger partial charge in [0.2, 0.25) is 0 Å². The Morgan fingerprint density at radius 1 is 1.29 bits per heavy atom. The van der Waals surface area contributed by atoms with Crippen molar-refractivity contribution in [1.82, 2.24) is 0 Å². The molecule has 4 fully saturated rings. The summed E-state index contributed by atoms with van der Waals surface area (Å²) < 4.78 is 0. The minimum atomic E-state index is -0.738. The lowest BCUT2D eigenvalue weighted by molar-refractivity contribution is -0.158. The third-order valence-corrected chi connectivity index (χ3v) is 4.61. The number of rotatable bonds is 1. The summed E-state index contributed by atoms with van der Waals surface area (Å²) in [5.74, 6) is 0.381. The van der Waals surface area contributed by atoms with Crippen molar-refractivity contribution in [3.63, 3.8) is 0 Å². The van der Waals surface area contributed by atoms with Crippen LogP contribution >= 0.6 is 0 Å². The summed E-state index contributed by atoms with van der Waals surface area (Å²) in [5.41, 5.74) is 0. The van der Waals surface area contributed by atoms with Crippen LogP contribution in [-0.2, 0) is 9.59 Å². The summed E-state index contributed by atoms with van der Waals surface area (Å²) >= 11 is 0. The second kappa shape index (κ2) is 2.59. The fraction of sp³-hybridized carbons (Fsp3) is 0.818. The van der Waals surface area contributed by atoms with E-state index in [0.29, 0.717) is 24.2 Å². The molecule has 0 spiro atoms. The van der Waals surface area contributed by atoms with Crippen LogP contribution in [0.15, 0.2) is 0 Å². The van der Waals surface area contributed by atoms with Gasteiger partial charge in [0.1, 0.15) is 5.78 Å². The van der Waals surface area contributed by atoms with Gasteiger partial charge in [0.05, 0.1) is 5.92 Å². The molecule has 5 atom stereocenters. The van der Waals surface area contributed by atoms with Crippen LogP contribution in [0.3, 0.4) is 0 Å². The van der Waals surface area contributed by atoms with Gasteiger partial charge in [0.15, 0.2) is 0 Å². The minimum absolute atomic E-state index is 0.144. The van der Waals surface area contributed by atoms with Gasteiger partial charge in [-0.1, -0.05) is 0 Å². The maximum Gasteiger partial charge on any atom is 0.307 e. The summed E-state index contributed by atoms with van der Waals surface area (Å²) in [6.07, 6.45) is 3.72. The number of carboxylic acid groups (broad SMARTS) is 1. The first-order valence-corrected chi connectivity index (χ1v) is 5.44. The molecule has 3 heteroatoms. The largest absolute Gasteiger partial charge is 0.481 e. The molecule has 1 N–H and O–H groups in total. The molecule has 0 heterocycles. The molecule has 0 unspecified atom stereocenters. The quantitative estimate of drug-likeness (QED) is 0.685. The van der Waals surface area contributed by atoms with Gasteiger partial charge < -0.3 is 5.11 Å². The molecule has 76 valence electrons. The molecule has 3 nitrogen and oxygen atoms in total. The number of hydrogen-bond acceptors (Lipinski definition) is 2. The first-order valence-electron chi connectivity index (χ1n) is 5.44. The van der Waals surface area contributed by atoms with Gasteiger partial charge in [0.25, 0.3) is 0 Å². The zero-order valence-corrected chi connectivity index (χ0v) is 7.98. The predicted molar refractivity (Wildman–Crippen MR) is 48.6 cm³/mol. The zero-order chi connectivity index (χ0) is 9.87. The topological polar surface area (TPSA) is 54.4 Å². The molecule has 4 rings (SSSR count). The molecule has 4 saturated carbocycles. The van der Waals surface area contributed by atoms with Crippen molar-refractivity contribution >= 4 is 11.8 Å². The number of fused-ring (bicyclic) bond motifs is 1. The Balaban J connectivity index is 2.00. The van der Waals surface area contributed by atoms with Crippen molar-refractivity contribution in [2.45, 2.75) is 25.7 Å². The lowest BCUT2D eigenvalue weighted by Crippen LogP contribution is -2.49.